The average molecular weight is 295 g/mol. The van der Waals surface area contributed by atoms with Gasteiger partial charge in [0.25, 0.3) is 0 Å². The lowest BCUT2D eigenvalue weighted by atomic mass is 10.2. The van der Waals surface area contributed by atoms with E-state index in [0.29, 0.717) is 5.02 Å². The molecule has 1 unspecified atom stereocenters. The quantitative estimate of drug-likeness (QED) is 0.877. The maximum Gasteiger partial charge on any atom is 0.330 e. The SMILES string of the molecule is COC(=O)C(Cn1ccc2cccc(Cl)c21)NC(C)=O. The molecule has 5 nitrogen and oxygen atoms in total. The van der Waals surface area contributed by atoms with E-state index in [9.17, 15) is 9.59 Å². The van der Waals surface area contributed by atoms with Crippen molar-refractivity contribution >= 4 is 34.4 Å². The highest BCUT2D eigenvalue weighted by Gasteiger charge is 2.21. The molecule has 2 rings (SSSR count). The van der Waals surface area contributed by atoms with Gasteiger partial charge in [-0.2, -0.15) is 0 Å². The number of methoxy groups -OCH3 is 1. The zero-order chi connectivity index (χ0) is 14.7. The summed E-state index contributed by atoms with van der Waals surface area (Å²) in [6.07, 6.45) is 1.83. The summed E-state index contributed by atoms with van der Waals surface area (Å²) in [5.41, 5.74) is 0.827. The molecule has 0 saturated heterocycles. The molecule has 2 aromatic rings. The molecule has 1 heterocycles. The van der Waals surface area contributed by atoms with Gasteiger partial charge in [-0.15, -0.1) is 0 Å². The zero-order valence-corrected chi connectivity index (χ0v) is 12.0. The number of fused-ring (bicyclic) bond motifs is 1. The van der Waals surface area contributed by atoms with Crippen LogP contribution in [0.15, 0.2) is 30.5 Å². The third kappa shape index (κ3) is 2.93. The summed E-state index contributed by atoms with van der Waals surface area (Å²) < 4.78 is 6.53. The Morgan fingerprint density at radius 3 is 2.80 bits per heavy atom. The first kappa shape index (κ1) is 14.4. The third-order valence-electron chi connectivity index (χ3n) is 2.98. The molecule has 0 saturated carbocycles. The molecule has 1 atom stereocenters. The van der Waals surface area contributed by atoms with E-state index in [1.54, 1.807) is 6.07 Å². The lowest BCUT2D eigenvalue weighted by molar-refractivity contribution is -0.145. The minimum atomic E-state index is -0.746. The molecule has 0 radical (unpaired) electrons. The van der Waals surface area contributed by atoms with Crippen molar-refractivity contribution in [2.24, 2.45) is 0 Å². The van der Waals surface area contributed by atoms with Gasteiger partial charge in [0.2, 0.25) is 5.91 Å². The van der Waals surface area contributed by atoms with Gasteiger partial charge in [0.15, 0.2) is 0 Å². The maximum absolute atomic E-state index is 11.7. The highest BCUT2D eigenvalue weighted by molar-refractivity contribution is 6.35. The molecule has 6 heteroatoms. The summed E-state index contributed by atoms with van der Waals surface area (Å²) in [7, 11) is 1.29. The Morgan fingerprint density at radius 2 is 2.15 bits per heavy atom. The number of carbonyl (C=O) groups is 2. The molecule has 0 aliphatic rings. The second-order valence-corrected chi connectivity index (χ2v) is 4.83. The monoisotopic (exact) mass is 294 g/mol. The van der Waals surface area contributed by atoms with Crippen LogP contribution >= 0.6 is 11.6 Å². The van der Waals surface area contributed by atoms with Crippen molar-refractivity contribution < 1.29 is 14.3 Å². The van der Waals surface area contributed by atoms with Crippen molar-refractivity contribution in [3.63, 3.8) is 0 Å². The van der Waals surface area contributed by atoms with Crippen molar-refractivity contribution in [1.29, 1.82) is 0 Å². The number of esters is 1. The molecule has 0 bridgehead atoms. The summed E-state index contributed by atoms with van der Waals surface area (Å²) in [5.74, 6) is -0.780. The highest BCUT2D eigenvalue weighted by atomic mass is 35.5. The Bertz CT molecular complexity index is 651. The Kier molecular flexibility index (Phi) is 4.29. The predicted molar refractivity (Wildman–Crippen MR) is 76.6 cm³/mol. The molecule has 0 fully saturated rings. The van der Waals surface area contributed by atoms with E-state index >= 15 is 0 Å². The van der Waals surface area contributed by atoms with Gasteiger partial charge in [0.1, 0.15) is 6.04 Å². The minimum Gasteiger partial charge on any atom is -0.467 e. The normalized spacial score (nSPS) is 12.2. The first-order chi connectivity index (χ1) is 9.52. The molecule has 0 aliphatic carbocycles. The minimum absolute atomic E-state index is 0.263. The lowest BCUT2D eigenvalue weighted by Gasteiger charge is -2.17. The van der Waals surface area contributed by atoms with Crippen LogP contribution < -0.4 is 5.32 Å². The summed E-state index contributed by atoms with van der Waals surface area (Å²) in [6, 6.07) is 6.74. The summed E-state index contributed by atoms with van der Waals surface area (Å²) >= 11 is 6.18. The van der Waals surface area contributed by atoms with Gasteiger partial charge in [-0.1, -0.05) is 23.7 Å². The number of aromatic nitrogens is 1. The molecular formula is C14H15ClN2O3. The van der Waals surface area contributed by atoms with Gasteiger partial charge in [-0.25, -0.2) is 4.79 Å². The van der Waals surface area contributed by atoms with Crippen molar-refractivity contribution in [3.05, 3.63) is 35.5 Å². The van der Waals surface area contributed by atoms with E-state index < -0.39 is 12.0 Å². The summed E-state index contributed by atoms with van der Waals surface area (Å²) in [6.45, 7) is 1.62. The van der Waals surface area contributed by atoms with Crippen LogP contribution in [0.3, 0.4) is 0 Å². The standard InChI is InChI=1S/C14H15ClN2O3/c1-9(18)16-12(14(19)20-2)8-17-7-6-10-4-3-5-11(15)13(10)17/h3-7,12H,8H2,1-2H3,(H,16,18). The van der Waals surface area contributed by atoms with E-state index in [2.05, 4.69) is 5.32 Å². The molecule has 1 aromatic heterocycles. The largest absolute Gasteiger partial charge is 0.467 e. The molecule has 106 valence electrons. The molecule has 1 amide bonds. The van der Waals surface area contributed by atoms with E-state index in [1.165, 1.54) is 14.0 Å². The van der Waals surface area contributed by atoms with Crippen molar-refractivity contribution in [2.45, 2.75) is 19.5 Å². The van der Waals surface area contributed by atoms with E-state index in [-0.39, 0.29) is 12.5 Å². The zero-order valence-electron chi connectivity index (χ0n) is 11.2. The highest BCUT2D eigenvalue weighted by Crippen LogP contribution is 2.24. The van der Waals surface area contributed by atoms with E-state index in [0.717, 1.165) is 10.9 Å². The number of rotatable bonds is 4. The fraction of sp³-hybridized carbons (Fsp3) is 0.286. The Hall–Kier alpha value is -2.01. The average Bonchev–Trinajstić information content (AvgIpc) is 2.81. The molecule has 20 heavy (non-hydrogen) atoms. The predicted octanol–water partition coefficient (Wildman–Crippen LogP) is 1.97. The Morgan fingerprint density at radius 1 is 1.40 bits per heavy atom. The second kappa shape index (κ2) is 5.96. The van der Waals surface area contributed by atoms with Gasteiger partial charge in [0, 0.05) is 18.5 Å². The molecule has 1 aromatic carbocycles. The van der Waals surface area contributed by atoms with Crippen LogP contribution in [0, 0.1) is 0 Å². The molecular weight excluding hydrogens is 280 g/mol. The number of para-hydroxylation sites is 1. The van der Waals surface area contributed by atoms with Crippen molar-refractivity contribution in [1.82, 2.24) is 9.88 Å². The van der Waals surface area contributed by atoms with Gasteiger partial charge < -0.3 is 14.6 Å². The third-order valence-corrected chi connectivity index (χ3v) is 3.29. The Balaban J connectivity index is 2.33. The first-order valence-electron chi connectivity index (χ1n) is 6.11. The topological polar surface area (TPSA) is 60.3 Å². The number of nitrogens with one attached hydrogen (secondary N) is 1. The maximum atomic E-state index is 11.7. The number of carbonyl (C=O) groups excluding carboxylic acids is 2. The number of halogens is 1. The first-order valence-corrected chi connectivity index (χ1v) is 6.49. The Labute approximate surface area is 121 Å². The van der Waals surface area contributed by atoms with Crippen LogP contribution in [0.25, 0.3) is 10.9 Å². The van der Waals surface area contributed by atoms with Crippen molar-refractivity contribution in [3.8, 4) is 0 Å². The smallest absolute Gasteiger partial charge is 0.330 e. The van der Waals surface area contributed by atoms with Crippen LogP contribution in [0.4, 0.5) is 0 Å². The van der Waals surface area contributed by atoms with Crippen LogP contribution in [-0.2, 0) is 20.9 Å². The number of ether oxygens (including phenoxy) is 1. The van der Waals surface area contributed by atoms with E-state index in [4.69, 9.17) is 16.3 Å². The van der Waals surface area contributed by atoms with Gasteiger partial charge in [0.05, 0.1) is 24.2 Å². The molecule has 0 aliphatic heterocycles. The fourth-order valence-corrected chi connectivity index (χ4v) is 2.42. The number of nitrogens with zero attached hydrogens (tertiary/aromatic N) is 1. The molecule has 0 spiro atoms. The fourth-order valence-electron chi connectivity index (χ4n) is 2.13. The molecule has 1 N–H and O–H groups in total. The number of hydrogen-bond donors (Lipinski definition) is 1. The number of hydrogen-bond acceptors (Lipinski definition) is 3. The lowest BCUT2D eigenvalue weighted by Crippen LogP contribution is -2.43. The number of benzene rings is 1. The summed E-state index contributed by atoms with van der Waals surface area (Å²) in [4.78, 5) is 22.9. The second-order valence-electron chi connectivity index (χ2n) is 4.42. The van der Waals surface area contributed by atoms with Gasteiger partial charge in [-0.3, -0.25) is 4.79 Å². The van der Waals surface area contributed by atoms with Crippen molar-refractivity contribution in [2.75, 3.05) is 7.11 Å². The number of amides is 1. The van der Waals surface area contributed by atoms with Crippen LogP contribution in [0.1, 0.15) is 6.92 Å². The summed E-state index contributed by atoms with van der Waals surface area (Å²) in [5, 5.41) is 4.15. The van der Waals surface area contributed by atoms with E-state index in [1.807, 2.05) is 29.0 Å². The van der Waals surface area contributed by atoms with Crippen LogP contribution in [0.5, 0.6) is 0 Å². The van der Waals surface area contributed by atoms with Crippen LogP contribution in [0.2, 0.25) is 5.02 Å². The van der Waals surface area contributed by atoms with Gasteiger partial charge in [-0.05, 0) is 12.1 Å². The van der Waals surface area contributed by atoms with Gasteiger partial charge >= 0.3 is 5.97 Å². The van der Waals surface area contributed by atoms with Crippen LogP contribution in [-0.4, -0.2) is 29.6 Å².